The molecule has 1 atom stereocenters. The molecule has 1 fully saturated rings. The number of ether oxygens (including phenoxy) is 1. The molecule has 0 bridgehead atoms. The minimum atomic E-state index is -0.775. The molecule has 5 aromatic rings. The van der Waals surface area contributed by atoms with Crippen molar-refractivity contribution in [1.82, 2.24) is 14.9 Å². The molecule has 0 radical (unpaired) electrons. The summed E-state index contributed by atoms with van der Waals surface area (Å²) in [6, 6.07) is 27.2. The SMILES string of the molecule is O=C(O)[C@@H]1CCCN1Cc1ccc(-c2ccc3ncnc(Nc4ccc(OCc5ccccc5)cc4)c3c2)o1. The highest BCUT2D eigenvalue weighted by atomic mass is 16.5. The molecule has 3 aromatic carbocycles. The topological polar surface area (TPSA) is 101 Å². The monoisotopic (exact) mass is 520 g/mol. The first-order valence-electron chi connectivity index (χ1n) is 13.0. The van der Waals surface area contributed by atoms with Crippen molar-refractivity contribution >= 4 is 28.4 Å². The number of likely N-dealkylation sites (tertiary alicyclic amines) is 1. The number of hydrogen-bond acceptors (Lipinski definition) is 7. The molecule has 0 spiro atoms. The molecule has 39 heavy (non-hydrogen) atoms. The Balaban J connectivity index is 1.17. The Labute approximate surface area is 225 Å². The lowest BCUT2D eigenvalue weighted by Crippen LogP contribution is -2.35. The normalized spacial score (nSPS) is 15.4. The van der Waals surface area contributed by atoms with Gasteiger partial charge in [-0.05, 0) is 79.5 Å². The minimum absolute atomic E-state index is 0.450. The minimum Gasteiger partial charge on any atom is -0.489 e. The number of furan rings is 1. The molecule has 1 aliphatic rings. The summed E-state index contributed by atoms with van der Waals surface area (Å²) in [5, 5.41) is 13.7. The number of fused-ring (bicyclic) bond motifs is 1. The van der Waals surface area contributed by atoms with Crippen molar-refractivity contribution in [3.05, 3.63) is 103 Å². The first kappa shape index (κ1) is 24.6. The van der Waals surface area contributed by atoms with Gasteiger partial charge in [-0.2, -0.15) is 0 Å². The predicted octanol–water partition coefficient (Wildman–Crippen LogP) is 6.26. The van der Waals surface area contributed by atoms with Crippen molar-refractivity contribution in [2.45, 2.75) is 32.0 Å². The van der Waals surface area contributed by atoms with Crippen molar-refractivity contribution in [2.75, 3.05) is 11.9 Å². The van der Waals surface area contributed by atoms with E-state index in [2.05, 4.69) is 15.3 Å². The Hall–Kier alpha value is -4.69. The zero-order chi connectivity index (χ0) is 26.6. The lowest BCUT2D eigenvalue weighted by Gasteiger charge is -2.19. The number of benzene rings is 3. The van der Waals surface area contributed by atoms with E-state index < -0.39 is 12.0 Å². The van der Waals surface area contributed by atoms with E-state index in [1.54, 1.807) is 6.33 Å². The molecule has 3 heterocycles. The number of carbonyl (C=O) groups is 1. The lowest BCUT2D eigenvalue weighted by atomic mass is 10.1. The van der Waals surface area contributed by atoms with E-state index >= 15 is 0 Å². The van der Waals surface area contributed by atoms with Crippen LogP contribution >= 0.6 is 0 Å². The van der Waals surface area contributed by atoms with Gasteiger partial charge in [0.25, 0.3) is 0 Å². The van der Waals surface area contributed by atoms with Gasteiger partial charge in [-0.15, -0.1) is 0 Å². The van der Waals surface area contributed by atoms with Crippen molar-refractivity contribution in [3.63, 3.8) is 0 Å². The average molecular weight is 521 g/mol. The summed E-state index contributed by atoms with van der Waals surface area (Å²) in [6.07, 6.45) is 3.10. The van der Waals surface area contributed by atoms with Crippen LogP contribution in [0.1, 0.15) is 24.2 Å². The molecule has 0 saturated carbocycles. The van der Waals surface area contributed by atoms with Gasteiger partial charge in [0.1, 0.15) is 42.1 Å². The van der Waals surface area contributed by atoms with Crippen molar-refractivity contribution in [1.29, 1.82) is 0 Å². The van der Waals surface area contributed by atoms with Crippen LogP contribution in [0.2, 0.25) is 0 Å². The molecule has 2 aromatic heterocycles. The van der Waals surface area contributed by atoms with Gasteiger partial charge in [0.2, 0.25) is 0 Å². The molecule has 196 valence electrons. The molecule has 6 rings (SSSR count). The largest absolute Gasteiger partial charge is 0.489 e. The van der Waals surface area contributed by atoms with E-state index in [1.165, 1.54) is 0 Å². The van der Waals surface area contributed by atoms with Crippen molar-refractivity contribution in [2.24, 2.45) is 0 Å². The van der Waals surface area contributed by atoms with Crippen LogP contribution in [-0.4, -0.2) is 38.5 Å². The number of rotatable bonds is 9. The van der Waals surface area contributed by atoms with Crippen LogP contribution in [0.4, 0.5) is 11.5 Å². The number of carboxylic acid groups (broad SMARTS) is 1. The first-order valence-corrected chi connectivity index (χ1v) is 13.0. The number of hydrogen-bond donors (Lipinski definition) is 2. The molecular weight excluding hydrogens is 492 g/mol. The van der Waals surface area contributed by atoms with E-state index in [-0.39, 0.29) is 0 Å². The Kier molecular flexibility index (Phi) is 6.93. The maximum Gasteiger partial charge on any atom is 0.320 e. The maximum absolute atomic E-state index is 11.5. The van der Waals surface area contributed by atoms with Crippen molar-refractivity contribution in [3.8, 4) is 17.1 Å². The summed E-state index contributed by atoms with van der Waals surface area (Å²) in [5.74, 6) is 2.16. The molecule has 0 aliphatic carbocycles. The van der Waals surface area contributed by atoms with E-state index in [9.17, 15) is 9.90 Å². The highest BCUT2D eigenvalue weighted by Crippen LogP contribution is 2.31. The van der Waals surface area contributed by atoms with Crippen molar-refractivity contribution < 1.29 is 19.1 Å². The van der Waals surface area contributed by atoms with Crippen LogP contribution in [0.25, 0.3) is 22.2 Å². The highest BCUT2D eigenvalue weighted by Gasteiger charge is 2.31. The Bertz CT molecular complexity index is 1580. The lowest BCUT2D eigenvalue weighted by molar-refractivity contribution is -0.142. The molecule has 0 amide bonds. The molecule has 1 saturated heterocycles. The standard InChI is InChI=1S/C31H28N4O4/c36-31(37)28-7-4-16-35(28)18-25-13-15-29(39-25)22-8-14-27-26(17-22)30(33-20-32-27)34-23-9-11-24(12-10-23)38-19-21-5-2-1-3-6-21/h1-3,5-6,8-15,17,20,28H,4,7,16,18-19H2,(H,36,37)(H,32,33,34)/t28-/m0/s1. The van der Waals surface area contributed by atoms with Gasteiger partial charge >= 0.3 is 5.97 Å². The summed E-state index contributed by atoms with van der Waals surface area (Å²) in [4.78, 5) is 22.4. The van der Waals surface area contributed by atoms with E-state index in [4.69, 9.17) is 9.15 Å². The van der Waals surface area contributed by atoms with Gasteiger partial charge < -0.3 is 19.6 Å². The maximum atomic E-state index is 11.5. The molecule has 8 heteroatoms. The third kappa shape index (κ3) is 5.61. The number of aromatic nitrogens is 2. The first-order chi connectivity index (χ1) is 19.1. The van der Waals surface area contributed by atoms with Gasteiger partial charge in [-0.25, -0.2) is 9.97 Å². The van der Waals surface area contributed by atoms with E-state index in [0.29, 0.717) is 31.2 Å². The third-order valence-corrected chi connectivity index (χ3v) is 6.95. The van der Waals surface area contributed by atoms with Gasteiger partial charge in [0.05, 0.1) is 12.1 Å². The van der Waals surface area contributed by atoms with Crippen LogP contribution in [0.5, 0.6) is 5.75 Å². The zero-order valence-corrected chi connectivity index (χ0v) is 21.3. The number of nitrogens with one attached hydrogen (secondary N) is 1. The molecular formula is C31H28N4O4. The fourth-order valence-corrected chi connectivity index (χ4v) is 4.93. The smallest absolute Gasteiger partial charge is 0.320 e. The summed E-state index contributed by atoms with van der Waals surface area (Å²) >= 11 is 0. The molecule has 2 N–H and O–H groups in total. The second-order valence-electron chi connectivity index (χ2n) is 9.61. The summed E-state index contributed by atoms with van der Waals surface area (Å²) < 4.78 is 12.0. The second kappa shape index (κ2) is 11.0. The quantitative estimate of drug-likeness (QED) is 0.235. The van der Waals surface area contributed by atoms with Gasteiger partial charge in [-0.3, -0.25) is 9.69 Å². The Morgan fingerprint density at radius 2 is 1.87 bits per heavy atom. The molecule has 0 unspecified atom stereocenters. The number of anilines is 2. The fraction of sp³-hybridized carbons (Fsp3) is 0.194. The summed E-state index contributed by atoms with van der Waals surface area (Å²) in [6.45, 7) is 1.75. The average Bonchev–Trinajstić information content (AvgIpc) is 3.63. The number of nitrogens with zero attached hydrogens (tertiary/aromatic N) is 3. The van der Waals surface area contributed by atoms with Crippen LogP contribution in [0.3, 0.4) is 0 Å². The van der Waals surface area contributed by atoms with Crippen LogP contribution in [0, 0.1) is 0 Å². The zero-order valence-electron chi connectivity index (χ0n) is 21.3. The second-order valence-corrected chi connectivity index (χ2v) is 9.61. The van der Waals surface area contributed by atoms with Crippen LogP contribution < -0.4 is 10.1 Å². The van der Waals surface area contributed by atoms with Gasteiger partial charge in [0.15, 0.2) is 0 Å². The van der Waals surface area contributed by atoms with E-state index in [1.807, 2.05) is 89.8 Å². The molecule has 1 aliphatic heterocycles. The Morgan fingerprint density at radius 3 is 2.69 bits per heavy atom. The van der Waals surface area contributed by atoms with Gasteiger partial charge in [-0.1, -0.05) is 30.3 Å². The predicted molar refractivity (Wildman–Crippen MR) is 149 cm³/mol. The highest BCUT2D eigenvalue weighted by molar-refractivity contribution is 5.93. The summed E-state index contributed by atoms with van der Waals surface area (Å²) in [5.41, 5.74) is 3.71. The third-order valence-electron chi connectivity index (χ3n) is 6.95. The summed E-state index contributed by atoms with van der Waals surface area (Å²) in [7, 11) is 0. The molecule has 8 nitrogen and oxygen atoms in total. The van der Waals surface area contributed by atoms with Crippen LogP contribution in [-0.2, 0) is 17.9 Å². The number of aliphatic carboxylic acids is 1. The number of carboxylic acids is 1. The Morgan fingerprint density at radius 1 is 1.03 bits per heavy atom. The van der Waals surface area contributed by atoms with Crippen LogP contribution in [0.15, 0.2) is 95.7 Å². The van der Waals surface area contributed by atoms with E-state index in [0.717, 1.165) is 52.2 Å². The fourth-order valence-electron chi connectivity index (χ4n) is 4.93. The van der Waals surface area contributed by atoms with Gasteiger partial charge in [0, 0.05) is 16.6 Å².